The molecule has 0 aliphatic heterocycles. The van der Waals surface area contributed by atoms with Gasteiger partial charge in [-0.05, 0) is 38.1 Å². The van der Waals surface area contributed by atoms with Crippen LogP contribution in [0.3, 0.4) is 0 Å². The van der Waals surface area contributed by atoms with E-state index in [9.17, 15) is 0 Å². The Hall–Kier alpha value is -2.95. The summed E-state index contributed by atoms with van der Waals surface area (Å²) < 4.78 is 4.16. The molecule has 4 aromatic rings. The highest BCUT2D eigenvalue weighted by molar-refractivity contribution is 5.76. The summed E-state index contributed by atoms with van der Waals surface area (Å²) >= 11 is 0. The van der Waals surface area contributed by atoms with Crippen LogP contribution in [-0.4, -0.2) is 24.5 Å². The molecule has 0 unspecified atom stereocenters. The molecule has 2 aromatic carbocycles. The molecular formula is C19H19N5. The Labute approximate surface area is 140 Å². The van der Waals surface area contributed by atoms with Crippen molar-refractivity contribution in [3.8, 4) is 0 Å². The van der Waals surface area contributed by atoms with Crippen molar-refractivity contribution >= 4 is 22.1 Å². The van der Waals surface area contributed by atoms with Gasteiger partial charge in [-0.25, -0.2) is 9.67 Å². The summed E-state index contributed by atoms with van der Waals surface area (Å²) in [6.07, 6.45) is 2.22. The third-order valence-corrected chi connectivity index (χ3v) is 4.13. The van der Waals surface area contributed by atoms with Crippen LogP contribution >= 0.6 is 0 Å². The molecule has 0 atom stereocenters. The fraction of sp³-hybridized carbons (Fsp3) is 0.211. The number of fused-ring (bicyclic) bond motifs is 2. The van der Waals surface area contributed by atoms with Gasteiger partial charge in [-0.2, -0.15) is 0 Å². The monoisotopic (exact) mass is 317 g/mol. The third kappa shape index (κ3) is 2.58. The average Bonchev–Trinajstić information content (AvgIpc) is 3.15. The van der Waals surface area contributed by atoms with Crippen LogP contribution in [0, 0.1) is 0 Å². The molecule has 0 aliphatic rings. The standard InChI is InChI=1S/C19H19N5/c1-14(2)11-12-23-17-9-5-3-7-15(17)20-19(23)13-24-18-10-6-4-8-16(18)21-22-24/h3-11H,12-13H2,1-2H3. The molecule has 0 N–H and O–H groups in total. The molecule has 2 aromatic heterocycles. The maximum atomic E-state index is 4.82. The molecular weight excluding hydrogens is 298 g/mol. The number of para-hydroxylation sites is 3. The smallest absolute Gasteiger partial charge is 0.132 e. The number of nitrogens with zero attached hydrogens (tertiary/aromatic N) is 5. The van der Waals surface area contributed by atoms with Gasteiger partial charge in [0.2, 0.25) is 0 Å². The molecule has 0 amide bonds. The number of rotatable bonds is 4. The van der Waals surface area contributed by atoms with Gasteiger partial charge in [0.05, 0.1) is 16.6 Å². The second-order valence-electron chi connectivity index (χ2n) is 6.14. The molecule has 2 heterocycles. The lowest BCUT2D eigenvalue weighted by atomic mass is 10.3. The van der Waals surface area contributed by atoms with Crippen molar-refractivity contribution in [2.24, 2.45) is 0 Å². The van der Waals surface area contributed by atoms with Crippen molar-refractivity contribution in [1.82, 2.24) is 24.5 Å². The zero-order valence-electron chi connectivity index (χ0n) is 13.8. The van der Waals surface area contributed by atoms with E-state index in [1.165, 1.54) is 5.57 Å². The van der Waals surface area contributed by atoms with E-state index in [1.807, 2.05) is 35.0 Å². The summed E-state index contributed by atoms with van der Waals surface area (Å²) in [5.41, 5.74) is 5.39. The van der Waals surface area contributed by atoms with Gasteiger partial charge in [0.25, 0.3) is 0 Å². The fourth-order valence-corrected chi connectivity index (χ4v) is 2.89. The first-order chi connectivity index (χ1) is 11.7. The van der Waals surface area contributed by atoms with Gasteiger partial charge in [-0.1, -0.05) is 41.1 Å². The van der Waals surface area contributed by atoms with Crippen molar-refractivity contribution in [2.75, 3.05) is 0 Å². The molecule has 24 heavy (non-hydrogen) atoms. The van der Waals surface area contributed by atoms with E-state index < -0.39 is 0 Å². The van der Waals surface area contributed by atoms with Crippen LogP contribution in [0.2, 0.25) is 0 Å². The van der Waals surface area contributed by atoms with Gasteiger partial charge >= 0.3 is 0 Å². The third-order valence-electron chi connectivity index (χ3n) is 4.13. The predicted octanol–water partition coefficient (Wildman–Crippen LogP) is 3.80. The Balaban J connectivity index is 1.80. The normalized spacial score (nSPS) is 11.2. The van der Waals surface area contributed by atoms with Crippen LogP contribution in [0.5, 0.6) is 0 Å². The van der Waals surface area contributed by atoms with E-state index in [2.05, 4.69) is 53.0 Å². The largest absolute Gasteiger partial charge is 0.323 e. The van der Waals surface area contributed by atoms with Crippen molar-refractivity contribution in [3.05, 3.63) is 66.0 Å². The fourth-order valence-electron chi connectivity index (χ4n) is 2.89. The van der Waals surface area contributed by atoms with Gasteiger partial charge < -0.3 is 4.57 Å². The maximum absolute atomic E-state index is 4.82. The number of allylic oxidation sites excluding steroid dienone is 2. The molecule has 0 fully saturated rings. The molecule has 0 saturated carbocycles. The molecule has 5 heteroatoms. The Morgan fingerprint density at radius 2 is 1.67 bits per heavy atom. The topological polar surface area (TPSA) is 48.5 Å². The number of imidazole rings is 1. The molecule has 4 rings (SSSR count). The van der Waals surface area contributed by atoms with Crippen molar-refractivity contribution in [1.29, 1.82) is 0 Å². The van der Waals surface area contributed by atoms with Crippen molar-refractivity contribution in [3.63, 3.8) is 0 Å². The first kappa shape index (κ1) is 14.6. The summed E-state index contributed by atoms with van der Waals surface area (Å²) in [5, 5.41) is 8.53. The van der Waals surface area contributed by atoms with Crippen LogP contribution in [0.15, 0.2) is 60.2 Å². The first-order valence-electron chi connectivity index (χ1n) is 8.08. The Kier molecular flexibility index (Phi) is 3.61. The Morgan fingerprint density at radius 3 is 2.46 bits per heavy atom. The zero-order chi connectivity index (χ0) is 16.5. The summed E-state index contributed by atoms with van der Waals surface area (Å²) in [4.78, 5) is 4.82. The summed E-state index contributed by atoms with van der Waals surface area (Å²) in [6.45, 7) is 5.64. The number of aromatic nitrogens is 5. The molecule has 5 nitrogen and oxygen atoms in total. The number of benzene rings is 2. The predicted molar refractivity (Wildman–Crippen MR) is 95.8 cm³/mol. The highest BCUT2D eigenvalue weighted by Crippen LogP contribution is 2.19. The van der Waals surface area contributed by atoms with E-state index in [-0.39, 0.29) is 0 Å². The SMILES string of the molecule is CC(C)=CCn1c(Cn2nnc3ccccc32)nc2ccccc21. The molecule has 0 radical (unpaired) electrons. The minimum absolute atomic E-state index is 0.603. The highest BCUT2D eigenvalue weighted by Gasteiger charge is 2.12. The zero-order valence-corrected chi connectivity index (χ0v) is 13.8. The molecule has 0 aliphatic carbocycles. The minimum atomic E-state index is 0.603. The van der Waals surface area contributed by atoms with Crippen molar-refractivity contribution in [2.45, 2.75) is 26.9 Å². The Morgan fingerprint density at radius 1 is 0.958 bits per heavy atom. The minimum Gasteiger partial charge on any atom is -0.323 e. The quantitative estimate of drug-likeness (QED) is 0.538. The second-order valence-corrected chi connectivity index (χ2v) is 6.14. The van der Waals surface area contributed by atoms with Gasteiger partial charge in [0.1, 0.15) is 17.9 Å². The van der Waals surface area contributed by atoms with E-state index in [4.69, 9.17) is 4.98 Å². The summed E-state index contributed by atoms with van der Waals surface area (Å²) in [6, 6.07) is 16.2. The lowest BCUT2D eigenvalue weighted by Gasteiger charge is -2.07. The average molecular weight is 317 g/mol. The van der Waals surface area contributed by atoms with E-state index >= 15 is 0 Å². The maximum Gasteiger partial charge on any atom is 0.132 e. The number of hydrogen-bond donors (Lipinski definition) is 0. The van der Waals surface area contributed by atoms with Crippen LogP contribution < -0.4 is 0 Å². The molecule has 0 bridgehead atoms. The lowest BCUT2D eigenvalue weighted by molar-refractivity contribution is 0.617. The van der Waals surface area contributed by atoms with E-state index in [0.717, 1.165) is 34.4 Å². The van der Waals surface area contributed by atoms with Gasteiger partial charge in [0.15, 0.2) is 0 Å². The van der Waals surface area contributed by atoms with Crippen LogP contribution in [0.25, 0.3) is 22.1 Å². The van der Waals surface area contributed by atoms with E-state index in [0.29, 0.717) is 6.54 Å². The van der Waals surface area contributed by atoms with Crippen molar-refractivity contribution < 1.29 is 0 Å². The highest BCUT2D eigenvalue weighted by atomic mass is 15.4. The van der Waals surface area contributed by atoms with E-state index in [1.54, 1.807) is 0 Å². The number of hydrogen-bond acceptors (Lipinski definition) is 3. The van der Waals surface area contributed by atoms with Crippen LogP contribution in [0.4, 0.5) is 0 Å². The van der Waals surface area contributed by atoms with Gasteiger partial charge in [-0.3, -0.25) is 0 Å². The second kappa shape index (κ2) is 5.92. The lowest BCUT2D eigenvalue weighted by Crippen LogP contribution is -2.09. The summed E-state index contributed by atoms with van der Waals surface area (Å²) in [7, 11) is 0. The van der Waals surface area contributed by atoms with Gasteiger partial charge in [-0.15, -0.1) is 5.10 Å². The molecule has 120 valence electrons. The molecule has 0 saturated heterocycles. The Bertz CT molecular complexity index is 1030. The summed E-state index contributed by atoms with van der Waals surface area (Å²) in [5.74, 6) is 0.990. The first-order valence-corrected chi connectivity index (χ1v) is 8.08. The van der Waals surface area contributed by atoms with Gasteiger partial charge in [0, 0.05) is 6.54 Å². The van der Waals surface area contributed by atoms with Crippen LogP contribution in [-0.2, 0) is 13.1 Å². The van der Waals surface area contributed by atoms with Crippen LogP contribution in [0.1, 0.15) is 19.7 Å². The molecule has 0 spiro atoms.